The summed E-state index contributed by atoms with van der Waals surface area (Å²) in [6.45, 7) is 7.72. The summed E-state index contributed by atoms with van der Waals surface area (Å²) in [4.78, 5) is 32.7. The number of ether oxygens (including phenoxy) is 1. The molecule has 3 N–H and O–H groups in total. The number of nitrogens with one attached hydrogen (secondary N) is 2. The Morgan fingerprint density at radius 3 is 2.46 bits per heavy atom. The molecule has 1 unspecified atom stereocenters. The molecule has 26 heavy (non-hydrogen) atoms. The van der Waals surface area contributed by atoms with Crippen LogP contribution in [0.2, 0.25) is 0 Å². The Labute approximate surface area is 153 Å². The van der Waals surface area contributed by atoms with Crippen molar-refractivity contribution in [3.8, 4) is 0 Å². The van der Waals surface area contributed by atoms with Gasteiger partial charge in [-0.25, -0.2) is 9.78 Å². The van der Waals surface area contributed by atoms with Gasteiger partial charge in [0.05, 0.1) is 12.3 Å². The minimum absolute atomic E-state index is 0.221. The normalized spacial score (nSPS) is 12.2. The van der Waals surface area contributed by atoms with Gasteiger partial charge in [0.15, 0.2) is 5.69 Å². The monoisotopic (exact) mass is 369 g/mol. The van der Waals surface area contributed by atoms with E-state index in [-0.39, 0.29) is 24.7 Å². The molecule has 9 heteroatoms. The quantitative estimate of drug-likeness (QED) is 0.562. The van der Waals surface area contributed by atoms with Gasteiger partial charge in [-0.1, -0.05) is 0 Å². The number of aliphatic hydroxyl groups excluding tert-OH is 1. The number of nitrogens with zero attached hydrogens (tertiary/aromatic N) is 2. The van der Waals surface area contributed by atoms with Crippen LogP contribution in [0.4, 0.5) is 4.79 Å². The third kappa shape index (κ3) is 8.11. The first kappa shape index (κ1) is 21.6. The van der Waals surface area contributed by atoms with Crippen molar-refractivity contribution in [3.05, 3.63) is 23.8 Å². The SMILES string of the molecule is CO[n+]1cc(C(=O)NCCC(O)CCNC(=O)OC(C)(C)C)ncc1C. The van der Waals surface area contributed by atoms with Crippen molar-refractivity contribution in [2.75, 3.05) is 20.2 Å². The molecule has 0 radical (unpaired) electrons. The first-order valence-electron chi connectivity index (χ1n) is 8.48. The molecule has 146 valence electrons. The Morgan fingerprint density at radius 1 is 1.27 bits per heavy atom. The van der Waals surface area contributed by atoms with Crippen LogP contribution in [0, 0.1) is 6.92 Å². The lowest BCUT2D eigenvalue weighted by atomic mass is 10.2. The Morgan fingerprint density at radius 2 is 1.88 bits per heavy atom. The molecule has 2 amide bonds. The van der Waals surface area contributed by atoms with E-state index in [1.165, 1.54) is 24.2 Å². The molecule has 0 aromatic carbocycles. The number of amides is 2. The van der Waals surface area contributed by atoms with Crippen LogP contribution in [0.15, 0.2) is 12.4 Å². The van der Waals surface area contributed by atoms with E-state index >= 15 is 0 Å². The van der Waals surface area contributed by atoms with E-state index in [9.17, 15) is 14.7 Å². The summed E-state index contributed by atoms with van der Waals surface area (Å²) in [6.07, 6.45) is 2.58. The first-order valence-corrected chi connectivity index (χ1v) is 8.48. The zero-order chi connectivity index (χ0) is 19.7. The van der Waals surface area contributed by atoms with Crippen molar-refractivity contribution >= 4 is 12.0 Å². The second-order valence-electron chi connectivity index (χ2n) is 6.84. The topological polar surface area (TPSA) is 114 Å². The predicted molar refractivity (Wildman–Crippen MR) is 93.5 cm³/mol. The minimum atomic E-state index is -0.653. The van der Waals surface area contributed by atoms with Gasteiger partial charge in [0.25, 0.3) is 12.1 Å². The Balaban J connectivity index is 2.28. The first-order chi connectivity index (χ1) is 12.1. The second kappa shape index (κ2) is 9.91. The molecule has 0 saturated heterocycles. The minimum Gasteiger partial charge on any atom is -0.444 e. The van der Waals surface area contributed by atoms with Gasteiger partial charge in [0.2, 0.25) is 5.69 Å². The van der Waals surface area contributed by atoms with Crippen molar-refractivity contribution in [1.29, 1.82) is 0 Å². The van der Waals surface area contributed by atoms with Crippen LogP contribution in [0.3, 0.4) is 0 Å². The van der Waals surface area contributed by atoms with Crippen molar-refractivity contribution in [2.45, 2.75) is 52.2 Å². The summed E-state index contributed by atoms with van der Waals surface area (Å²) >= 11 is 0. The van der Waals surface area contributed by atoms with Gasteiger partial charge in [0.1, 0.15) is 12.7 Å². The molecule has 1 atom stereocenters. The van der Waals surface area contributed by atoms with Gasteiger partial charge < -0.3 is 20.5 Å². The average Bonchev–Trinajstić information content (AvgIpc) is 2.53. The average molecular weight is 369 g/mol. The molecule has 1 rings (SSSR count). The fraction of sp³-hybridized carbons (Fsp3) is 0.647. The number of aromatic nitrogens is 2. The van der Waals surface area contributed by atoms with Gasteiger partial charge in [0, 0.05) is 24.7 Å². The van der Waals surface area contributed by atoms with Crippen molar-refractivity contribution in [2.24, 2.45) is 0 Å². The number of alkyl carbamates (subject to hydrolysis) is 1. The van der Waals surface area contributed by atoms with Crippen LogP contribution in [0.1, 0.15) is 49.8 Å². The molecule has 0 bridgehead atoms. The lowest BCUT2D eigenvalue weighted by molar-refractivity contribution is -0.890. The molecule has 1 heterocycles. The summed E-state index contributed by atoms with van der Waals surface area (Å²) in [5, 5.41) is 15.2. The Hall–Kier alpha value is -2.42. The number of rotatable bonds is 8. The predicted octanol–water partition coefficient (Wildman–Crippen LogP) is 0.132. The van der Waals surface area contributed by atoms with Crippen LogP contribution < -0.4 is 20.2 Å². The lowest BCUT2D eigenvalue weighted by Gasteiger charge is -2.20. The lowest BCUT2D eigenvalue weighted by Crippen LogP contribution is -2.45. The molecule has 0 spiro atoms. The number of aryl methyl sites for hydroxylation is 1. The number of aliphatic hydroxyl groups is 1. The number of carbonyl (C=O) groups is 2. The smallest absolute Gasteiger partial charge is 0.407 e. The van der Waals surface area contributed by atoms with E-state index in [0.717, 1.165) is 5.69 Å². The highest BCUT2D eigenvalue weighted by Gasteiger charge is 2.17. The molecule has 0 aliphatic heterocycles. The molecule has 0 aliphatic carbocycles. The van der Waals surface area contributed by atoms with E-state index in [4.69, 9.17) is 9.57 Å². The van der Waals surface area contributed by atoms with E-state index in [1.54, 1.807) is 27.7 Å². The highest BCUT2D eigenvalue weighted by atomic mass is 16.6. The molecular weight excluding hydrogens is 340 g/mol. The molecule has 0 fully saturated rings. The van der Waals surface area contributed by atoms with Crippen molar-refractivity contribution in [3.63, 3.8) is 0 Å². The van der Waals surface area contributed by atoms with Crippen molar-refractivity contribution < 1.29 is 29.0 Å². The summed E-state index contributed by atoms with van der Waals surface area (Å²) in [7, 11) is 1.50. The van der Waals surface area contributed by atoms with Gasteiger partial charge in [-0.2, -0.15) is 0 Å². The van der Waals surface area contributed by atoms with Gasteiger partial charge in [-0.3, -0.25) is 9.63 Å². The van der Waals surface area contributed by atoms with E-state index in [2.05, 4.69) is 15.6 Å². The summed E-state index contributed by atoms with van der Waals surface area (Å²) in [6, 6.07) is 0. The fourth-order valence-electron chi connectivity index (χ4n) is 2.02. The van der Waals surface area contributed by atoms with Gasteiger partial charge >= 0.3 is 6.09 Å². The van der Waals surface area contributed by atoms with Gasteiger partial charge in [-0.05, 0) is 33.6 Å². The Kier molecular flexibility index (Phi) is 8.24. The van der Waals surface area contributed by atoms with Crippen LogP contribution >= 0.6 is 0 Å². The summed E-state index contributed by atoms with van der Waals surface area (Å²) in [5.41, 5.74) is 0.424. The molecule has 0 aliphatic rings. The van der Waals surface area contributed by atoms with Crippen molar-refractivity contribution in [1.82, 2.24) is 15.6 Å². The van der Waals surface area contributed by atoms with Crippen LogP contribution in [-0.4, -0.2) is 54.0 Å². The zero-order valence-electron chi connectivity index (χ0n) is 16.0. The summed E-state index contributed by atoms with van der Waals surface area (Å²) < 4.78 is 6.54. The van der Waals surface area contributed by atoms with Gasteiger partial charge in [-0.15, -0.1) is 0 Å². The maximum Gasteiger partial charge on any atom is 0.407 e. The molecule has 1 aromatic rings. The molecular formula is C17H29N4O5+. The number of hydrogen-bond acceptors (Lipinski definition) is 6. The maximum absolute atomic E-state index is 12.0. The van der Waals surface area contributed by atoms with Crippen LogP contribution in [-0.2, 0) is 4.74 Å². The maximum atomic E-state index is 12.0. The number of hydrogen-bond donors (Lipinski definition) is 3. The zero-order valence-corrected chi connectivity index (χ0v) is 16.0. The second-order valence-corrected chi connectivity index (χ2v) is 6.84. The molecule has 0 saturated carbocycles. The molecule has 1 aromatic heterocycles. The fourth-order valence-corrected chi connectivity index (χ4v) is 2.02. The highest BCUT2D eigenvalue weighted by Crippen LogP contribution is 2.06. The molecule has 9 nitrogen and oxygen atoms in total. The Bertz CT molecular complexity index is 616. The van der Waals surface area contributed by atoms with E-state index in [0.29, 0.717) is 12.8 Å². The van der Waals surface area contributed by atoms with E-state index in [1.807, 2.05) is 0 Å². The highest BCUT2D eigenvalue weighted by molar-refractivity contribution is 5.91. The van der Waals surface area contributed by atoms with Crippen LogP contribution in [0.5, 0.6) is 0 Å². The largest absolute Gasteiger partial charge is 0.444 e. The number of carbonyl (C=O) groups excluding carboxylic acids is 2. The summed E-state index contributed by atoms with van der Waals surface area (Å²) in [5.74, 6) is -0.352. The standard InChI is InChI=1S/C17H28N4O5/c1-12-10-20-14(11-21(12)25-5)15(23)18-8-6-13(22)7-9-19-16(24)26-17(2,3)4/h10-11,13,22H,6-9H2,1-5H3,(H-,18,19,23,24)/p+1. The van der Waals surface area contributed by atoms with Crippen LogP contribution in [0.25, 0.3) is 0 Å². The third-order valence-electron chi connectivity index (χ3n) is 3.32. The third-order valence-corrected chi connectivity index (χ3v) is 3.32. The van der Waals surface area contributed by atoms with E-state index < -0.39 is 17.8 Å².